The molecule has 1 aromatic carbocycles. The second-order valence-electron chi connectivity index (χ2n) is 4.15. The third kappa shape index (κ3) is 5.58. The third-order valence-electron chi connectivity index (χ3n) is 2.50. The topological polar surface area (TPSA) is 95.9 Å². The number of hydrogen-bond donors (Lipinski definition) is 3. The summed E-state index contributed by atoms with van der Waals surface area (Å²) in [5, 5.41) is 20.0. The Labute approximate surface area is 124 Å². The number of rotatable bonds is 7. The first-order valence-corrected chi connectivity index (χ1v) is 6.80. The van der Waals surface area contributed by atoms with Crippen molar-refractivity contribution in [2.75, 3.05) is 6.54 Å². The molecule has 0 radical (unpaired) electrons. The summed E-state index contributed by atoms with van der Waals surface area (Å²) in [7, 11) is 0. The lowest BCUT2D eigenvalue weighted by atomic mass is 10.2. The molecule has 0 spiro atoms. The molecule has 0 fully saturated rings. The van der Waals surface area contributed by atoms with E-state index in [4.69, 9.17) is 14.9 Å². The lowest BCUT2D eigenvalue weighted by molar-refractivity contribution is -0.147. The number of ether oxygens (including phenoxy) is 1. The van der Waals surface area contributed by atoms with Crippen molar-refractivity contribution in [3.8, 4) is 5.75 Å². The van der Waals surface area contributed by atoms with Crippen molar-refractivity contribution in [3.05, 3.63) is 28.7 Å². The van der Waals surface area contributed by atoms with Gasteiger partial charge in [0.2, 0.25) is 0 Å². The van der Waals surface area contributed by atoms with Gasteiger partial charge in [-0.2, -0.15) is 0 Å². The van der Waals surface area contributed by atoms with Crippen LogP contribution >= 0.6 is 15.9 Å². The number of benzene rings is 1. The molecule has 1 aromatic rings. The predicted molar refractivity (Wildman–Crippen MR) is 75.5 cm³/mol. The first-order valence-electron chi connectivity index (χ1n) is 6.01. The summed E-state index contributed by atoms with van der Waals surface area (Å²) >= 11 is 3.29. The minimum atomic E-state index is -1.47. The zero-order valence-corrected chi connectivity index (χ0v) is 12.5. The smallest absolute Gasteiger partial charge is 0.332 e. The lowest BCUT2D eigenvalue weighted by Gasteiger charge is -2.15. The van der Waals surface area contributed by atoms with Crippen LogP contribution in [0.15, 0.2) is 28.7 Å². The maximum atomic E-state index is 11.7. The molecule has 110 valence electrons. The molecule has 0 saturated carbocycles. The van der Waals surface area contributed by atoms with E-state index in [0.29, 0.717) is 5.75 Å². The largest absolute Gasteiger partial charge is 0.481 e. The summed E-state index contributed by atoms with van der Waals surface area (Å²) in [6, 6.07) is 7.04. The standard InChI is InChI=1S/C13H16BrNO5/c1-8(20-10-4-2-9(14)3-5-10)12(17)15-7-6-11(16)13(18)19/h2-5,8,11,16H,6-7H2,1H3,(H,15,17)(H,18,19). The van der Waals surface area contributed by atoms with Crippen molar-refractivity contribution in [1.29, 1.82) is 0 Å². The van der Waals surface area contributed by atoms with Gasteiger partial charge >= 0.3 is 5.97 Å². The molecule has 0 aromatic heterocycles. The van der Waals surface area contributed by atoms with Crippen molar-refractivity contribution >= 4 is 27.8 Å². The highest BCUT2D eigenvalue weighted by Gasteiger charge is 2.16. The van der Waals surface area contributed by atoms with Gasteiger partial charge < -0.3 is 20.3 Å². The van der Waals surface area contributed by atoms with E-state index < -0.39 is 18.2 Å². The Morgan fingerprint density at radius 1 is 1.35 bits per heavy atom. The normalized spacial score (nSPS) is 13.3. The number of carbonyl (C=O) groups is 2. The molecule has 0 saturated heterocycles. The lowest BCUT2D eigenvalue weighted by Crippen LogP contribution is -2.38. The summed E-state index contributed by atoms with van der Waals surface area (Å²) in [6.45, 7) is 1.66. The highest BCUT2D eigenvalue weighted by atomic mass is 79.9. The zero-order chi connectivity index (χ0) is 15.1. The molecule has 1 rings (SSSR count). The number of nitrogens with one attached hydrogen (secondary N) is 1. The third-order valence-corrected chi connectivity index (χ3v) is 3.03. The van der Waals surface area contributed by atoms with Gasteiger partial charge in [-0.05, 0) is 31.2 Å². The van der Waals surface area contributed by atoms with Gasteiger partial charge in [0.05, 0.1) is 0 Å². The molecule has 0 bridgehead atoms. The minimum Gasteiger partial charge on any atom is -0.481 e. The van der Waals surface area contributed by atoms with Crippen molar-refractivity contribution in [2.45, 2.75) is 25.6 Å². The zero-order valence-electron chi connectivity index (χ0n) is 10.9. The number of halogens is 1. The Morgan fingerprint density at radius 3 is 2.50 bits per heavy atom. The van der Waals surface area contributed by atoms with Crippen LogP contribution in [0.2, 0.25) is 0 Å². The molecule has 0 aliphatic rings. The molecule has 20 heavy (non-hydrogen) atoms. The number of hydrogen-bond acceptors (Lipinski definition) is 4. The van der Waals surface area contributed by atoms with Crippen LogP contribution in [0.3, 0.4) is 0 Å². The Bertz CT molecular complexity index is 462. The number of amides is 1. The summed E-state index contributed by atoms with van der Waals surface area (Å²) in [4.78, 5) is 22.1. The van der Waals surface area contributed by atoms with Crippen LogP contribution in [0.1, 0.15) is 13.3 Å². The Kier molecular flexibility index (Phi) is 6.47. The van der Waals surface area contributed by atoms with Crippen LogP contribution in [-0.4, -0.2) is 40.8 Å². The number of carboxylic acids is 1. The number of carboxylic acid groups (broad SMARTS) is 1. The Hall–Kier alpha value is -1.60. The van der Waals surface area contributed by atoms with Crippen molar-refractivity contribution in [2.24, 2.45) is 0 Å². The first kappa shape index (κ1) is 16.5. The molecule has 7 heteroatoms. The fourth-order valence-corrected chi connectivity index (χ4v) is 1.63. The molecular formula is C13H16BrNO5. The Morgan fingerprint density at radius 2 is 1.95 bits per heavy atom. The van der Waals surface area contributed by atoms with Crippen LogP contribution in [0, 0.1) is 0 Å². The van der Waals surface area contributed by atoms with Gasteiger partial charge in [-0.25, -0.2) is 4.79 Å². The van der Waals surface area contributed by atoms with Gasteiger partial charge in [0, 0.05) is 17.4 Å². The first-order chi connectivity index (χ1) is 9.40. The average molecular weight is 346 g/mol. The van der Waals surface area contributed by atoms with E-state index in [2.05, 4.69) is 21.2 Å². The van der Waals surface area contributed by atoms with E-state index in [9.17, 15) is 9.59 Å². The van der Waals surface area contributed by atoms with Gasteiger partial charge in [0.25, 0.3) is 5.91 Å². The average Bonchev–Trinajstić information content (AvgIpc) is 2.40. The number of aliphatic carboxylic acids is 1. The van der Waals surface area contributed by atoms with E-state index in [1.54, 1.807) is 31.2 Å². The maximum absolute atomic E-state index is 11.7. The Balaban J connectivity index is 2.35. The van der Waals surface area contributed by atoms with E-state index in [1.165, 1.54) is 0 Å². The molecule has 1 amide bonds. The summed E-state index contributed by atoms with van der Waals surface area (Å²) in [5.41, 5.74) is 0. The minimum absolute atomic E-state index is 0.0495. The number of aliphatic hydroxyl groups excluding tert-OH is 1. The van der Waals surface area contributed by atoms with Crippen LogP contribution in [0.25, 0.3) is 0 Å². The molecule has 2 atom stereocenters. The van der Waals surface area contributed by atoms with Crippen molar-refractivity contribution < 1.29 is 24.5 Å². The molecule has 0 heterocycles. The van der Waals surface area contributed by atoms with Crippen molar-refractivity contribution in [1.82, 2.24) is 5.32 Å². The fourth-order valence-electron chi connectivity index (χ4n) is 1.37. The second kappa shape index (κ2) is 7.86. The monoisotopic (exact) mass is 345 g/mol. The highest BCUT2D eigenvalue weighted by Crippen LogP contribution is 2.17. The number of carbonyl (C=O) groups excluding carboxylic acids is 1. The summed E-state index contributed by atoms with van der Waals surface area (Å²) in [5.74, 6) is -1.12. The van der Waals surface area contributed by atoms with Crippen LogP contribution in [-0.2, 0) is 9.59 Å². The van der Waals surface area contributed by atoms with Crippen LogP contribution in [0.5, 0.6) is 5.75 Å². The van der Waals surface area contributed by atoms with Crippen molar-refractivity contribution in [3.63, 3.8) is 0 Å². The summed E-state index contributed by atoms with van der Waals surface area (Å²) in [6.07, 6.45) is -2.23. The molecule has 3 N–H and O–H groups in total. The molecule has 2 unspecified atom stereocenters. The van der Waals surface area contributed by atoms with E-state index in [-0.39, 0.29) is 18.9 Å². The van der Waals surface area contributed by atoms with Gasteiger partial charge in [-0.1, -0.05) is 15.9 Å². The van der Waals surface area contributed by atoms with Gasteiger partial charge in [0.15, 0.2) is 12.2 Å². The van der Waals surface area contributed by atoms with E-state index in [0.717, 1.165) is 4.47 Å². The van der Waals surface area contributed by atoms with E-state index in [1.807, 2.05) is 0 Å². The van der Waals surface area contributed by atoms with E-state index >= 15 is 0 Å². The van der Waals surface area contributed by atoms with Gasteiger partial charge in [0.1, 0.15) is 5.75 Å². The molecule has 6 nitrogen and oxygen atoms in total. The van der Waals surface area contributed by atoms with Gasteiger partial charge in [-0.15, -0.1) is 0 Å². The fraction of sp³-hybridized carbons (Fsp3) is 0.385. The quantitative estimate of drug-likeness (QED) is 0.689. The molecular weight excluding hydrogens is 330 g/mol. The SMILES string of the molecule is CC(Oc1ccc(Br)cc1)C(=O)NCCC(O)C(=O)O. The van der Waals surface area contributed by atoms with Gasteiger partial charge in [-0.3, -0.25) is 4.79 Å². The van der Waals surface area contributed by atoms with Crippen LogP contribution < -0.4 is 10.1 Å². The predicted octanol–water partition coefficient (Wildman–Crippen LogP) is 1.17. The number of aliphatic hydroxyl groups is 1. The summed E-state index contributed by atoms with van der Waals surface area (Å²) < 4.78 is 6.33. The van der Waals surface area contributed by atoms with Crippen LogP contribution in [0.4, 0.5) is 0 Å². The molecule has 0 aliphatic carbocycles. The maximum Gasteiger partial charge on any atom is 0.332 e. The second-order valence-corrected chi connectivity index (χ2v) is 5.06. The highest BCUT2D eigenvalue weighted by molar-refractivity contribution is 9.10. The molecule has 0 aliphatic heterocycles.